The smallest absolute Gasteiger partial charge is 0.269 e. The molecule has 2 aromatic heterocycles. The van der Waals surface area contributed by atoms with Gasteiger partial charge in [-0.15, -0.1) is 11.3 Å². The van der Waals surface area contributed by atoms with Crippen molar-refractivity contribution >= 4 is 28.1 Å². The van der Waals surface area contributed by atoms with E-state index in [0.29, 0.717) is 5.69 Å². The summed E-state index contributed by atoms with van der Waals surface area (Å²) in [4.78, 5) is 11.3. The number of fused-ring (bicyclic) bond motifs is 1. The van der Waals surface area contributed by atoms with Crippen LogP contribution in [0.25, 0.3) is 15.9 Å². The van der Waals surface area contributed by atoms with Gasteiger partial charge in [-0.25, -0.2) is 4.68 Å². The lowest BCUT2D eigenvalue weighted by Gasteiger charge is -1.97. The van der Waals surface area contributed by atoms with E-state index in [4.69, 9.17) is 5.73 Å². The summed E-state index contributed by atoms with van der Waals surface area (Å²) in [5.41, 5.74) is 6.54. The van der Waals surface area contributed by atoms with Crippen LogP contribution in [0.15, 0.2) is 41.8 Å². The van der Waals surface area contributed by atoms with E-state index in [-0.39, 0.29) is 0 Å². The molecule has 0 aliphatic rings. The van der Waals surface area contributed by atoms with Crippen molar-refractivity contribution in [2.45, 2.75) is 0 Å². The van der Waals surface area contributed by atoms with E-state index in [0.717, 1.165) is 15.9 Å². The molecule has 1 amide bonds. The van der Waals surface area contributed by atoms with E-state index in [1.54, 1.807) is 16.0 Å². The number of carbonyl (C=O) groups excluding carboxylic acids is 1. The van der Waals surface area contributed by atoms with Crippen molar-refractivity contribution in [1.82, 2.24) is 9.78 Å². The Morgan fingerprint density at radius 2 is 2.06 bits per heavy atom. The minimum atomic E-state index is -0.503. The molecule has 1 aromatic carbocycles. The molecule has 2 heterocycles. The second-order valence-electron chi connectivity index (χ2n) is 3.59. The predicted octanol–water partition coefficient (Wildman–Crippen LogP) is 2.19. The Kier molecular flexibility index (Phi) is 2.19. The normalized spacial score (nSPS) is 10.8. The van der Waals surface area contributed by atoms with Gasteiger partial charge in [-0.1, -0.05) is 18.2 Å². The van der Waals surface area contributed by atoms with E-state index in [1.807, 2.05) is 41.8 Å². The van der Waals surface area contributed by atoms with Crippen LogP contribution in [0.1, 0.15) is 10.5 Å². The van der Waals surface area contributed by atoms with Crippen molar-refractivity contribution < 1.29 is 4.79 Å². The quantitative estimate of drug-likeness (QED) is 0.750. The maximum atomic E-state index is 11.3. The number of hydrogen-bond acceptors (Lipinski definition) is 3. The third-order valence-corrected chi connectivity index (χ3v) is 3.38. The highest BCUT2D eigenvalue weighted by molar-refractivity contribution is 7.12. The van der Waals surface area contributed by atoms with Gasteiger partial charge in [0.1, 0.15) is 5.00 Å². The summed E-state index contributed by atoms with van der Waals surface area (Å²) in [6, 6.07) is 11.5. The van der Waals surface area contributed by atoms with Crippen LogP contribution in [-0.2, 0) is 0 Å². The summed E-state index contributed by atoms with van der Waals surface area (Å²) < 4.78 is 1.75. The van der Waals surface area contributed by atoms with Crippen molar-refractivity contribution in [3.63, 3.8) is 0 Å². The minimum absolute atomic E-state index is 0.314. The van der Waals surface area contributed by atoms with Gasteiger partial charge >= 0.3 is 0 Å². The van der Waals surface area contributed by atoms with Gasteiger partial charge in [0.25, 0.3) is 5.91 Å². The van der Waals surface area contributed by atoms with Gasteiger partial charge < -0.3 is 5.73 Å². The molecule has 0 radical (unpaired) electrons. The summed E-state index contributed by atoms with van der Waals surface area (Å²) in [6.45, 7) is 0. The monoisotopic (exact) mass is 243 g/mol. The van der Waals surface area contributed by atoms with Gasteiger partial charge in [0.05, 0.1) is 5.52 Å². The van der Waals surface area contributed by atoms with Crippen molar-refractivity contribution in [3.8, 4) is 5.00 Å². The number of hydrogen-bond donors (Lipinski definition) is 1. The van der Waals surface area contributed by atoms with Crippen molar-refractivity contribution in [1.29, 1.82) is 0 Å². The van der Waals surface area contributed by atoms with Gasteiger partial charge in [0, 0.05) is 5.39 Å². The van der Waals surface area contributed by atoms with Gasteiger partial charge in [0.15, 0.2) is 5.69 Å². The van der Waals surface area contributed by atoms with Crippen molar-refractivity contribution in [2.75, 3.05) is 0 Å². The Labute approximate surface area is 101 Å². The number of thiophene rings is 1. The molecular formula is C12H9N3OS. The minimum Gasteiger partial charge on any atom is -0.364 e. The van der Waals surface area contributed by atoms with Crippen LogP contribution < -0.4 is 5.73 Å². The molecule has 0 saturated carbocycles. The number of nitrogens with zero attached hydrogens (tertiary/aromatic N) is 2. The summed E-state index contributed by atoms with van der Waals surface area (Å²) in [5, 5.41) is 8.00. The number of para-hydroxylation sites is 1. The first-order chi connectivity index (χ1) is 8.27. The zero-order valence-electron chi connectivity index (χ0n) is 8.83. The molecule has 3 aromatic rings. The Morgan fingerprint density at radius 3 is 2.76 bits per heavy atom. The Hall–Kier alpha value is -2.14. The number of benzene rings is 1. The molecule has 0 aliphatic carbocycles. The van der Waals surface area contributed by atoms with Crippen LogP contribution in [0.3, 0.4) is 0 Å². The average molecular weight is 243 g/mol. The van der Waals surface area contributed by atoms with Crippen LogP contribution in [0.4, 0.5) is 0 Å². The number of carbonyl (C=O) groups is 1. The Bertz CT molecular complexity index is 685. The van der Waals surface area contributed by atoms with Crippen LogP contribution >= 0.6 is 11.3 Å². The summed E-state index contributed by atoms with van der Waals surface area (Å²) >= 11 is 1.56. The van der Waals surface area contributed by atoms with Crippen LogP contribution in [0, 0.1) is 0 Å². The van der Waals surface area contributed by atoms with Crippen LogP contribution in [0.5, 0.6) is 0 Å². The molecule has 0 spiro atoms. The highest BCUT2D eigenvalue weighted by atomic mass is 32.1. The lowest BCUT2D eigenvalue weighted by atomic mass is 10.2. The number of aromatic nitrogens is 2. The largest absolute Gasteiger partial charge is 0.364 e. The lowest BCUT2D eigenvalue weighted by Crippen LogP contribution is -2.12. The van der Waals surface area contributed by atoms with Crippen LogP contribution in [0.2, 0.25) is 0 Å². The maximum Gasteiger partial charge on any atom is 0.269 e. The zero-order chi connectivity index (χ0) is 11.8. The van der Waals surface area contributed by atoms with E-state index in [9.17, 15) is 4.79 Å². The van der Waals surface area contributed by atoms with E-state index < -0.39 is 5.91 Å². The molecule has 4 nitrogen and oxygen atoms in total. The fraction of sp³-hybridized carbons (Fsp3) is 0. The molecular weight excluding hydrogens is 234 g/mol. The first kappa shape index (κ1) is 10.0. The van der Waals surface area contributed by atoms with Gasteiger partial charge in [-0.05, 0) is 23.6 Å². The zero-order valence-corrected chi connectivity index (χ0v) is 9.65. The number of primary amides is 1. The molecule has 17 heavy (non-hydrogen) atoms. The molecule has 0 atom stereocenters. The first-order valence-corrected chi connectivity index (χ1v) is 5.97. The maximum absolute atomic E-state index is 11.3. The SMILES string of the molecule is NC(=O)c1nn(-c2cccs2)c2ccccc12. The van der Waals surface area contributed by atoms with Crippen LogP contribution in [-0.4, -0.2) is 15.7 Å². The number of rotatable bonds is 2. The van der Waals surface area contributed by atoms with Gasteiger partial charge in [0.2, 0.25) is 0 Å². The molecule has 0 unspecified atom stereocenters. The molecule has 0 bridgehead atoms. The van der Waals surface area contributed by atoms with E-state index in [2.05, 4.69) is 5.10 Å². The molecule has 0 aliphatic heterocycles. The number of amides is 1. The Balaban J connectivity index is 2.37. The fourth-order valence-corrected chi connectivity index (χ4v) is 2.50. The third-order valence-electron chi connectivity index (χ3n) is 2.54. The standard InChI is InChI=1S/C12H9N3OS/c13-12(16)11-8-4-1-2-5-9(8)15(14-11)10-6-3-7-17-10/h1-7H,(H2,13,16). The second-order valence-corrected chi connectivity index (χ2v) is 4.52. The molecule has 5 heteroatoms. The first-order valence-electron chi connectivity index (χ1n) is 5.09. The molecule has 0 fully saturated rings. The fourth-order valence-electron chi connectivity index (χ4n) is 1.81. The predicted molar refractivity (Wildman–Crippen MR) is 67.5 cm³/mol. The summed E-state index contributed by atoms with van der Waals surface area (Å²) in [6.07, 6.45) is 0. The van der Waals surface area contributed by atoms with Crippen molar-refractivity contribution in [3.05, 3.63) is 47.5 Å². The number of nitrogens with two attached hydrogens (primary N) is 1. The highest BCUT2D eigenvalue weighted by Crippen LogP contribution is 2.24. The molecule has 84 valence electrons. The van der Waals surface area contributed by atoms with E-state index in [1.165, 1.54) is 0 Å². The lowest BCUT2D eigenvalue weighted by molar-refractivity contribution is 0.0996. The second kappa shape index (κ2) is 3.71. The summed E-state index contributed by atoms with van der Waals surface area (Å²) in [7, 11) is 0. The highest BCUT2D eigenvalue weighted by Gasteiger charge is 2.15. The van der Waals surface area contributed by atoms with Gasteiger partial charge in [-0.3, -0.25) is 4.79 Å². The van der Waals surface area contributed by atoms with Gasteiger partial charge in [-0.2, -0.15) is 5.10 Å². The van der Waals surface area contributed by atoms with E-state index >= 15 is 0 Å². The van der Waals surface area contributed by atoms with Crippen molar-refractivity contribution in [2.24, 2.45) is 5.73 Å². The summed E-state index contributed by atoms with van der Waals surface area (Å²) in [5.74, 6) is -0.503. The third kappa shape index (κ3) is 1.52. The molecule has 3 rings (SSSR count). The average Bonchev–Trinajstić information content (AvgIpc) is 2.95. The molecule has 0 saturated heterocycles. The Morgan fingerprint density at radius 1 is 1.24 bits per heavy atom. The topological polar surface area (TPSA) is 60.9 Å². The molecule has 2 N–H and O–H groups in total.